The molecule has 0 bridgehead atoms. The van der Waals surface area contributed by atoms with Crippen LogP contribution in [0.5, 0.6) is 0 Å². The maximum Gasteiger partial charge on any atom is 0.0985 e. The molecule has 1 aliphatic heterocycles. The molecule has 0 unspecified atom stereocenters. The first kappa shape index (κ1) is 3.72. The fraction of sp³-hybridized carbons (Fsp3) is 0.600. The Morgan fingerprint density at radius 1 is 1.83 bits per heavy atom. The van der Waals surface area contributed by atoms with Gasteiger partial charge >= 0.3 is 0 Å². The Labute approximate surface area is 37.6 Å². The van der Waals surface area contributed by atoms with Gasteiger partial charge in [0.2, 0.25) is 0 Å². The highest BCUT2D eigenvalue weighted by Gasteiger charge is 2.00. The number of rotatable bonds is 0. The second kappa shape index (κ2) is 1.33. The molecule has 34 valence electrons. The molecule has 1 rings (SSSR count). The van der Waals surface area contributed by atoms with Gasteiger partial charge in [-0.1, -0.05) is 0 Å². The lowest BCUT2D eigenvalue weighted by Crippen LogP contribution is -1.93. The SMILES string of the molecule is C[C@@H]1CC=CO1. The predicted molar refractivity (Wildman–Crippen MR) is 24.3 cm³/mol. The zero-order chi connectivity index (χ0) is 4.41. The van der Waals surface area contributed by atoms with E-state index in [-0.39, 0.29) is 0 Å². The van der Waals surface area contributed by atoms with Gasteiger partial charge in [-0.05, 0) is 13.0 Å². The van der Waals surface area contributed by atoms with E-state index >= 15 is 0 Å². The molecule has 0 spiro atoms. The van der Waals surface area contributed by atoms with Gasteiger partial charge in [-0.15, -0.1) is 0 Å². The van der Waals surface area contributed by atoms with E-state index in [9.17, 15) is 0 Å². The minimum Gasteiger partial charge on any atom is -0.498 e. The van der Waals surface area contributed by atoms with E-state index in [4.69, 9.17) is 4.74 Å². The molecule has 0 radical (unpaired) electrons. The molecule has 6 heavy (non-hydrogen) atoms. The third-order valence-electron chi connectivity index (χ3n) is 0.875. The minimum absolute atomic E-state index is 0.435. The monoisotopic (exact) mass is 84.1 g/mol. The van der Waals surface area contributed by atoms with Crippen LogP contribution in [0.1, 0.15) is 13.3 Å². The highest BCUT2D eigenvalue weighted by atomic mass is 16.5. The topological polar surface area (TPSA) is 9.23 Å². The van der Waals surface area contributed by atoms with Crippen molar-refractivity contribution in [3.05, 3.63) is 12.3 Å². The molecule has 1 nitrogen and oxygen atoms in total. The van der Waals surface area contributed by atoms with E-state index in [0.717, 1.165) is 6.42 Å². The quantitative estimate of drug-likeness (QED) is 0.430. The Balaban J connectivity index is 2.32. The van der Waals surface area contributed by atoms with Gasteiger partial charge in [-0.3, -0.25) is 0 Å². The number of hydrogen-bond donors (Lipinski definition) is 0. The van der Waals surface area contributed by atoms with E-state index in [1.54, 1.807) is 6.26 Å². The predicted octanol–water partition coefficient (Wildman–Crippen LogP) is 1.31. The van der Waals surface area contributed by atoms with Gasteiger partial charge in [0.15, 0.2) is 0 Å². The van der Waals surface area contributed by atoms with Crippen molar-refractivity contribution in [3.8, 4) is 0 Å². The average molecular weight is 84.1 g/mol. The Bertz CT molecular complexity index is 58.3. The minimum atomic E-state index is 0.435. The molecule has 1 aliphatic rings. The fourth-order valence-electron chi connectivity index (χ4n) is 0.492. The van der Waals surface area contributed by atoms with Gasteiger partial charge in [0.25, 0.3) is 0 Å². The van der Waals surface area contributed by atoms with Crippen LogP contribution in [0, 0.1) is 0 Å². The molecule has 0 aromatic carbocycles. The summed E-state index contributed by atoms with van der Waals surface area (Å²) in [5, 5.41) is 0. The zero-order valence-corrected chi connectivity index (χ0v) is 3.85. The molecule has 0 amide bonds. The van der Waals surface area contributed by atoms with E-state index < -0.39 is 0 Å². The highest BCUT2D eigenvalue weighted by Crippen LogP contribution is 2.05. The molecule has 0 saturated heterocycles. The van der Waals surface area contributed by atoms with Gasteiger partial charge in [-0.25, -0.2) is 0 Å². The van der Waals surface area contributed by atoms with Crippen molar-refractivity contribution in [2.45, 2.75) is 19.4 Å². The molecule has 1 atom stereocenters. The van der Waals surface area contributed by atoms with Crippen LogP contribution in [-0.2, 0) is 4.74 Å². The largest absolute Gasteiger partial charge is 0.498 e. The Morgan fingerprint density at radius 2 is 2.67 bits per heavy atom. The van der Waals surface area contributed by atoms with Crippen LogP contribution >= 0.6 is 0 Å². The van der Waals surface area contributed by atoms with Crippen molar-refractivity contribution in [1.29, 1.82) is 0 Å². The number of hydrogen-bond acceptors (Lipinski definition) is 1. The first-order valence-corrected chi connectivity index (χ1v) is 2.20. The van der Waals surface area contributed by atoms with Crippen molar-refractivity contribution in [2.75, 3.05) is 0 Å². The highest BCUT2D eigenvalue weighted by molar-refractivity contribution is 4.83. The molecular weight excluding hydrogens is 76.1 g/mol. The maximum atomic E-state index is 4.97. The first-order chi connectivity index (χ1) is 2.89. The molecule has 0 aliphatic carbocycles. The summed E-state index contributed by atoms with van der Waals surface area (Å²) in [6, 6.07) is 0. The summed E-state index contributed by atoms with van der Waals surface area (Å²) < 4.78 is 4.97. The average Bonchev–Trinajstić information content (AvgIpc) is 1.86. The molecule has 1 heterocycles. The van der Waals surface area contributed by atoms with Crippen LogP contribution in [0.25, 0.3) is 0 Å². The Kier molecular flexibility index (Phi) is 0.825. The summed E-state index contributed by atoms with van der Waals surface area (Å²) in [6.07, 6.45) is 5.31. The first-order valence-electron chi connectivity index (χ1n) is 2.20. The van der Waals surface area contributed by atoms with E-state index in [1.807, 2.05) is 6.08 Å². The van der Waals surface area contributed by atoms with Gasteiger partial charge in [0.05, 0.1) is 12.4 Å². The van der Waals surface area contributed by atoms with Crippen molar-refractivity contribution in [3.63, 3.8) is 0 Å². The third kappa shape index (κ3) is 0.534. The van der Waals surface area contributed by atoms with Crippen LogP contribution in [0.4, 0.5) is 0 Å². The van der Waals surface area contributed by atoms with Crippen LogP contribution in [0.15, 0.2) is 12.3 Å². The summed E-state index contributed by atoms with van der Waals surface area (Å²) >= 11 is 0. The second-order valence-corrected chi connectivity index (χ2v) is 1.55. The summed E-state index contributed by atoms with van der Waals surface area (Å²) in [4.78, 5) is 0. The Morgan fingerprint density at radius 3 is 2.83 bits per heavy atom. The number of ether oxygens (including phenoxy) is 1. The van der Waals surface area contributed by atoms with Crippen LogP contribution in [0.2, 0.25) is 0 Å². The van der Waals surface area contributed by atoms with Crippen molar-refractivity contribution in [1.82, 2.24) is 0 Å². The van der Waals surface area contributed by atoms with Gasteiger partial charge in [-0.2, -0.15) is 0 Å². The summed E-state index contributed by atoms with van der Waals surface area (Å²) in [5.41, 5.74) is 0. The summed E-state index contributed by atoms with van der Waals surface area (Å²) in [5.74, 6) is 0. The molecule has 0 aromatic heterocycles. The second-order valence-electron chi connectivity index (χ2n) is 1.55. The molecule has 0 fully saturated rings. The molecule has 1 heteroatoms. The van der Waals surface area contributed by atoms with Gasteiger partial charge < -0.3 is 4.74 Å². The smallest absolute Gasteiger partial charge is 0.0985 e. The maximum absolute atomic E-state index is 4.97. The van der Waals surface area contributed by atoms with Crippen LogP contribution in [-0.4, -0.2) is 6.10 Å². The molecule has 0 aromatic rings. The van der Waals surface area contributed by atoms with Crippen molar-refractivity contribution in [2.24, 2.45) is 0 Å². The zero-order valence-electron chi connectivity index (χ0n) is 3.85. The van der Waals surface area contributed by atoms with E-state index in [1.165, 1.54) is 0 Å². The summed E-state index contributed by atoms with van der Waals surface area (Å²) in [6.45, 7) is 2.06. The standard InChI is InChI=1S/C5H8O/c1-5-3-2-4-6-5/h2,4-5H,3H2,1H3/t5-/m1/s1. The normalized spacial score (nSPS) is 30.5. The van der Waals surface area contributed by atoms with Crippen LogP contribution < -0.4 is 0 Å². The van der Waals surface area contributed by atoms with E-state index in [0.29, 0.717) is 6.10 Å². The lowest BCUT2D eigenvalue weighted by Gasteiger charge is -1.97. The van der Waals surface area contributed by atoms with E-state index in [2.05, 4.69) is 6.92 Å². The van der Waals surface area contributed by atoms with Crippen molar-refractivity contribution >= 4 is 0 Å². The molecular formula is C5H8O. The summed E-state index contributed by atoms with van der Waals surface area (Å²) in [7, 11) is 0. The van der Waals surface area contributed by atoms with Crippen molar-refractivity contribution < 1.29 is 4.74 Å². The van der Waals surface area contributed by atoms with Crippen LogP contribution in [0.3, 0.4) is 0 Å². The Hall–Kier alpha value is -0.460. The lowest BCUT2D eigenvalue weighted by molar-refractivity contribution is 0.189. The molecule has 0 N–H and O–H groups in total. The molecule has 0 saturated carbocycles. The van der Waals surface area contributed by atoms with Gasteiger partial charge in [0, 0.05) is 6.42 Å². The lowest BCUT2D eigenvalue weighted by atomic mass is 10.3. The fourth-order valence-corrected chi connectivity index (χ4v) is 0.492. The third-order valence-corrected chi connectivity index (χ3v) is 0.875. The van der Waals surface area contributed by atoms with Gasteiger partial charge in [0.1, 0.15) is 0 Å².